The maximum Gasteiger partial charge on any atom is 0.261 e. The van der Waals surface area contributed by atoms with Crippen molar-refractivity contribution in [3.8, 4) is 0 Å². The molecule has 0 aliphatic carbocycles. The third kappa shape index (κ3) is 3.47. The zero-order valence-corrected chi connectivity index (χ0v) is 9.44. The molecule has 0 aliphatic rings. The van der Waals surface area contributed by atoms with Gasteiger partial charge < -0.3 is 10.4 Å². The van der Waals surface area contributed by atoms with Gasteiger partial charge in [0.25, 0.3) is 5.91 Å². The van der Waals surface area contributed by atoms with Gasteiger partial charge in [0.15, 0.2) is 0 Å². The maximum absolute atomic E-state index is 11.5. The topological polar surface area (TPSA) is 49.3 Å². The van der Waals surface area contributed by atoms with Crippen molar-refractivity contribution < 1.29 is 9.90 Å². The van der Waals surface area contributed by atoms with Crippen molar-refractivity contribution in [2.75, 3.05) is 6.54 Å². The minimum Gasteiger partial charge on any atom is -0.389 e. The summed E-state index contributed by atoms with van der Waals surface area (Å²) in [5.41, 5.74) is -0.859. The number of thiophene rings is 1. The number of rotatable bonds is 3. The molecule has 1 rings (SSSR count). The Balaban J connectivity index is 2.52. The number of aliphatic hydroxyl groups is 1. The molecule has 2 N–H and O–H groups in total. The molecule has 0 unspecified atom stereocenters. The van der Waals surface area contributed by atoms with Gasteiger partial charge in [0.1, 0.15) is 0 Å². The molecule has 0 bridgehead atoms. The fourth-order valence-electron chi connectivity index (χ4n) is 0.940. The van der Waals surface area contributed by atoms with Crippen LogP contribution >= 0.6 is 11.3 Å². The second-order valence-electron chi connectivity index (χ2n) is 3.91. The molecule has 1 amide bonds. The van der Waals surface area contributed by atoms with Crippen LogP contribution < -0.4 is 5.32 Å². The zero-order chi connectivity index (χ0) is 10.8. The molecule has 0 aliphatic heterocycles. The Kier molecular flexibility index (Phi) is 3.29. The van der Waals surface area contributed by atoms with E-state index in [-0.39, 0.29) is 12.5 Å². The summed E-state index contributed by atoms with van der Waals surface area (Å²) in [6.45, 7) is 5.54. The van der Waals surface area contributed by atoms with E-state index in [9.17, 15) is 9.90 Å². The lowest BCUT2D eigenvalue weighted by atomic mass is 10.1. The molecule has 1 heterocycles. The van der Waals surface area contributed by atoms with Gasteiger partial charge in [-0.25, -0.2) is 0 Å². The number of aryl methyl sites for hydroxylation is 1. The van der Waals surface area contributed by atoms with Crippen LogP contribution in [0.5, 0.6) is 0 Å². The van der Waals surface area contributed by atoms with Crippen LogP contribution in [0.1, 0.15) is 28.4 Å². The summed E-state index contributed by atoms with van der Waals surface area (Å²) in [4.78, 5) is 13.3. The fourth-order valence-corrected chi connectivity index (χ4v) is 1.72. The largest absolute Gasteiger partial charge is 0.389 e. The summed E-state index contributed by atoms with van der Waals surface area (Å²) in [7, 11) is 0. The van der Waals surface area contributed by atoms with Crippen molar-refractivity contribution in [3.63, 3.8) is 0 Å². The van der Waals surface area contributed by atoms with Crippen molar-refractivity contribution in [1.82, 2.24) is 5.32 Å². The molecule has 3 nitrogen and oxygen atoms in total. The number of hydrogen-bond acceptors (Lipinski definition) is 3. The van der Waals surface area contributed by atoms with Crippen molar-refractivity contribution in [1.29, 1.82) is 0 Å². The molecule has 0 radical (unpaired) electrons. The smallest absolute Gasteiger partial charge is 0.261 e. The van der Waals surface area contributed by atoms with Gasteiger partial charge in [-0.1, -0.05) is 0 Å². The molecule has 0 aromatic carbocycles. The van der Waals surface area contributed by atoms with Crippen LogP contribution in [0.15, 0.2) is 12.1 Å². The van der Waals surface area contributed by atoms with Crippen molar-refractivity contribution >= 4 is 17.2 Å². The van der Waals surface area contributed by atoms with Gasteiger partial charge in [-0.15, -0.1) is 11.3 Å². The SMILES string of the molecule is Cc1ccc(C(=O)NCC(C)(C)O)s1. The van der Waals surface area contributed by atoms with Gasteiger partial charge in [0, 0.05) is 11.4 Å². The first-order chi connectivity index (χ1) is 6.38. The predicted molar refractivity (Wildman–Crippen MR) is 57.7 cm³/mol. The van der Waals surface area contributed by atoms with Crippen LogP contribution in [0, 0.1) is 6.92 Å². The van der Waals surface area contributed by atoms with Gasteiger partial charge in [0.2, 0.25) is 0 Å². The molecule has 0 saturated carbocycles. The molecule has 0 saturated heterocycles. The molecule has 0 atom stereocenters. The molecular formula is C10H15NO2S. The highest BCUT2D eigenvalue weighted by Gasteiger charge is 2.15. The Labute approximate surface area is 87.8 Å². The fraction of sp³-hybridized carbons (Fsp3) is 0.500. The lowest BCUT2D eigenvalue weighted by Crippen LogP contribution is -2.37. The van der Waals surface area contributed by atoms with E-state index in [0.717, 1.165) is 4.88 Å². The van der Waals surface area contributed by atoms with Crippen LogP contribution in [-0.4, -0.2) is 23.2 Å². The maximum atomic E-state index is 11.5. The Morgan fingerprint density at radius 2 is 2.21 bits per heavy atom. The summed E-state index contributed by atoms with van der Waals surface area (Å²) < 4.78 is 0. The molecule has 1 aromatic heterocycles. The number of amides is 1. The van der Waals surface area contributed by atoms with Crippen LogP contribution in [-0.2, 0) is 0 Å². The summed E-state index contributed by atoms with van der Waals surface area (Å²) in [5, 5.41) is 12.1. The Morgan fingerprint density at radius 1 is 1.57 bits per heavy atom. The molecule has 1 aromatic rings. The summed E-state index contributed by atoms with van der Waals surface area (Å²) in [5.74, 6) is -0.120. The highest BCUT2D eigenvalue weighted by atomic mass is 32.1. The summed E-state index contributed by atoms with van der Waals surface area (Å²) in [6.07, 6.45) is 0. The van der Waals surface area contributed by atoms with E-state index in [4.69, 9.17) is 0 Å². The standard InChI is InChI=1S/C10H15NO2S/c1-7-4-5-8(14-7)9(12)11-6-10(2,3)13/h4-5,13H,6H2,1-3H3,(H,11,12). The molecule has 4 heteroatoms. The highest BCUT2D eigenvalue weighted by molar-refractivity contribution is 7.13. The minimum absolute atomic E-state index is 0.120. The average molecular weight is 213 g/mol. The third-order valence-corrected chi connectivity index (χ3v) is 2.65. The molecule has 0 fully saturated rings. The second-order valence-corrected chi connectivity index (χ2v) is 5.19. The van der Waals surface area contributed by atoms with Crippen molar-refractivity contribution in [3.05, 3.63) is 21.9 Å². The molecule has 78 valence electrons. The minimum atomic E-state index is -0.859. The van der Waals surface area contributed by atoms with Crippen molar-refractivity contribution in [2.45, 2.75) is 26.4 Å². The Bertz CT molecular complexity index is 325. The predicted octanol–water partition coefficient (Wildman–Crippen LogP) is 1.56. The van der Waals surface area contributed by atoms with E-state index in [2.05, 4.69) is 5.32 Å². The van der Waals surface area contributed by atoms with E-state index in [1.165, 1.54) is 11.3 Å². The Morgan fingerprint density at radius 3 is 2.64 bits per heavy atom. The van der Waals surface area contributed by atoms with Crippen molar-refractivity contribution in [2.24, 2.45) is 0 Å². The number of carbonyl (C=O) groups is 1. The number of carbonyl (C=O) groups excluding carboxylic acids is 1. The first-order valence-corrected chi connectivity index (χ1v) is 5.27. The van der Waals surface area contributed by atoms with Crippen LogP contribution in [0.2, 0.25) is 0 Å². The number of hydrogen-bond donors (Lipinski definition) is 2. The lowest BCUT2D eigenvalue weighted by Gasteiger charge is -2.17. The van der Waals surface area contributed by atoms with Gasteiger partial charge in [-0.3, -0.25) is 4.79 Å². The van der Waals surface area contributed by atoms with E-state index in [1.807, 2.05) is 13.0 Å². The first kappa shape index (κ1) is 11.2. The van der Waals surface area contributed by atoms with Crippen LogP contribution in [0.3, 0.4) is 0 Å². The Hall–Kier alpha value is -0.870. The normalized spacial score (nSPS) is 11.4. The highest BCUT2D eigenvalue weighted by Crippen LogP contribution is 2.14. The summed E-state index contributed by atoms with van der Waals surface area (Å²) in [6, 6.07) is 3.70. The average Bonchev–Trinajstić information content (AvgIpc) is 2.46. The quantitative estimate of drug-likeness (QED) is 0.800. The molecule has 0 spiro atoms. The first-order valence-electron chi connectivity index (χ1n) is 4.45. The second kappa shape index (κ2) is 4.11. The molecule has 14 heavy (non-hydrogen) atoms. The monoisotopic (exact) mass is 213 g/mol. The van der Waals surface area contributed by atoms with Gasteiger partial charge >= 0.3 is 0 Å². The zero-order valence-electron chi connectivity index (χ0n) is 8.63. The van der Waals surface area contributed by atoms with Crippen LogP contribution in [0.25, 0.3) is 0 Å². The van der Waals surface area contributed by atoms with E-state index >= 15 is 0 Å². The summed E-state index contributed by atoms with van der Waals surface area (Å²) >= 11 is 1.45. The van der Waals surface area contributed by atoms with E-state index in [1.54, 1.807) is 19.9 Å². The number of nitrogens with one attached hydrogen (secondary N) is 1. The van der Waals surface area contributed by atoms with E-state index < -0.39 is 5.60 Å². The van der Waals surface area contributed by atoms with Crippen LogP contribution in [0.4, 0.5) is 0 Å². The van der Waals surface area contributed by atoms with Gasteiger partial charge in [-0.05, 0) is 32.9 Å². The lowest BCUT2D eigenvalue weighted by molar-refractivity contribution is 0.0696. The van der Waals surface area contributed by atoms with Gasteiger partial charge in [0.05, 0.1) is 10.5 Å². The third-order valence-electron chi connectivity index (χ3n) is 1.65. The molecular weight excluding hydrogens is 198 g/mol. The van der Waals surface area contributed by atoms with E-state index in [0.29, 0.717) is 4.88 Å². The van der Waals surface area contributed by atoms with Gasteiger partial charge in [-0.2, -0.15) is 0 Å².